The van der Waals surface area contributed by atoms with Crippen LogP contribution < -0.4 is 10.1 Å². The van der Waals surface area contributed by atoms with E-state index >= 15 is 0 Å². The van der Waals surface area contributed by atoms with Crippen LogP contribution in [-0.2, 0) is 0 Å². The van der Waals surface area contributed by atoms with Crippen molar-refractivity contribution in [2.45, 2.75) is 20.0 Å². The second kappa shape index (κ2) is 6.43. The van der Waals surface area contributed by atoms with Crippen molar-refractivity contribution in [2.24, 2.45) is 0 Å². The van der Waals surface area contributed by atoms with Gasteiger partial charge in [0.25, 0.3) is 0 Å². The molecule has 1 atom stereocenters. The zero-order valence-electron chi connectivity index (χ0n) is 9.36. The fraction of sp³-hybridized carbons (Fsp3) is 0.500. The van der Waals surface area contributed by atoms with E-state index < -0.39 is 0 Å². The molecule has 0 aliphatic carbocycles. The zero-order valence-corrected chi connectivity index (χ0v) is 9.36. The minimum absolute atomic E-state index is 0.302. The van der Waals surface area contributed by atoms with Crippen molar-refractivity contribution in [3.05, 3.63) is 29.8 Å². The van der Waals surface area contributed by atoms with Crippen LogP contribution in [0.15, 0.2) is 24.3 Å². The van der Waals surface area contributed by atoms with Crippen LogP contribution in [0.1, 0.15) is 12.5 Å². The zero-order chi connectivity index (χ0) is 11.1. The van der Waals surface area contributed by atoms with E-state index in [-0.39, 0.29) is 6.10 Å². The SMILES string of the molecule is Cc1ccc(OCCNCC(C)O)cc1. The molecular formula is C12H19NO2. The predicted octanol–water partition coefficient (Wildman–Crippen LogP) is 1.34. The number of hydrogen-bond acceptors (Lipinski definition) is 3. The van der Waals surface area contributed by atoms with Crippen molar-refractivity contribution in [1.29, 1.82) is 0 Å². The lowest BCUT2D eigenvalue weighted by atomic mass is 10.2. The summed E-state index contributed by atoms with van der Waals surface area (Å²) in [7, 11) is 0. The Hall–Kier alpha value is -1.06. The number of aryl methyl sites for hydroxylation is 1. The van der Waals surface area contributed by atoms with Gasteiger partial charge in [-0.2, -0.15) is 0 Å². The molecule has 0 heterocycles. The second-order valence-corrected chi connectivity index (χ2v) is 3.71. The van der Waals surface area contributed by atoms with Gasteiger partial charge in [0.15, 0.2) is 0 Å². The number of hydrogen-bond donors (Lipinski definition) is 2. The van der Waals surface area contributed by atoms with Crippen LogP contribution in [0.5, 0.6) is 5.75 Å². The summed E-state index contributed by atoms with van der Waals surface area (Å²) in [6.07, 6.45) is -0.302. The van der Waals surface area contributed by atoms with Crippen LogP contribution in [0, 0.1) is 6.92 Å². The third kappa shape index (κ3) is 5.40. The van der Waals surface area contributed by atoms with Crippen molar-refractivity contribution < 1.29 is 9.84 Å². The topological polar surface area (TPSA) is 41.5 Å². The molecule has 3 nitrogen and oxygen atoms in total. The lowest BCUT2D eigenvalue weighted by Gasteiger charge is -2.08. The minimum atomic E-state index is -0.302. The monoisotopic (exact) mass is 209 g/mol. The number of ether oxygens (including phenoxy) is 1. The van der Waals surface area contributed by atoms with E-state index in [2.05, 4.69) is 5.32 Å². The molecule has 1 aromatic rings. The van der Waals surface area contributed by atoms with Crippen LogP contribution in [0.3, 0.4) is 0 Å². The molecule has 0 fully saturated rings. The molecule has 1 unspecified atom stereocenters. The average Bonchev–Trinajstić information content (AvgIpc) is 2.20. The standard InChI is InChI=1S/C12H19NO2/c1-10-3-5-12(6-4-10)15-8-7-13-9-11(2)14/h3-6,11,13-14H,7-9H2,1-2H3. The summed E-state index contributed by atoms with van der Waals surface area (Å²) in [6.45, 7) is 5.79. The van der Waals surface area contributed by atoms with Crippen LogP contribution in [0.2, 0.25) is 0 Å². The summed E-state index contributed by atoms with van der Waals surface area (Å²) < 4.78 is 5.50. The quantitative estimate of drug-likeness (QED) is 0.695. The van der Waals surface area contributed by atoms with E-state index in [9.17, 15) is 0 Å². The van der Waals surface area contributed by atoms with E-state index in [1.807, 2.05) is 31.2 Å². The molecule has 2 N–H and O–H groups in total. The Morgan fingerprint density at radius 2 is 2.00 bits per heavy atom. The molecule has 15 heavy (non-hydrogen) atoms. The fourth-order valence-corrected chi connectivity index (χ4v) is 1.19. The van der Waals surface area contributed by atoms with Crippen LogP contribution >= 0.6 is 0 Å². The second-order valence-electron chi connectivity index (χ2n) is 3.71. The molecule has 0 aliphatic heterocycles. The molecule has 1 aromatic carbocycles. The maximum Gasteiger partial charge on any atom is 0.119 e. The Morgan fingerprint density at radius 3 is 2.60 bits per heavy atom. The molecule has 0 radical (unpaired) electrons. The van der Waals surface area contributed by atoms with Gasteiger partial charge < -0.3 is 15.2 Å². The first kappa shape index (κ1) is 12.0. The summed E-state index contributed by atoms with van der Waals surface area (Å²) >= 11 is 0. The fourth-order valence-electron chi connectivity index (χ4n) is 1.19. The molecule has 0 saturated carbocycles. The van der Waals surface area contributed by atoms with Crippen molar-refractivity contribution in [3.63, 3.8) is 0 Å². The Labute approximate surface area is 91.1 Å². The van der Waals surface area contributed by atoms with Crippen LogP contribution in [0.25, 0.3) is 0 Å². The highest BCUT2D eigenvalue weighted by Crippen LogP contribution is 2.10. The van der Waals surface area contributed by atoms with Gasteiger partial charge in [0.05, 0.1) is 6.10 Å². The molecular weight excluding hydrogens is 190 g/mol. The van der Waals surface area contributed by atoms with Crippen LogP contribution in [-0.4, -0.2) is 30.9 Å². The number of aliphatic hydroxyl groups excluding tert-OH is 1. The van der Waals surface area contributed by atoms with Crippen LogP contribution in [0.4, 0.5) is 0 Å². The Morgan fingerprint density at radius 1 is 1.33 bits per heavy atom. The van der Waals surface area contributed by atoms with Gasteiger partial charge in [0.2, 0.25) is 0 Å². The third-order valence-corrected chi connectivity index (χ3v) is 2.01. The van der Waals surface area contributed by atoms with Gasteiger partial charge in [0, 0.05) is 13.1 Å². The Balaban J connectivity index is 2.12. The first-order valence-corrected chi connectivity index (χ1v) is 5.27. The number of benzene rings is 1. The molecule has 84 valence electrons. The van der Waals surface area contributed by atoms with Gasteiger partial charge in [-0.3, -0.25) is 0 Å². The van der Waals surface area contributed by atoms with E-state index in [0.29, 0.717) is 13.2 Å². The molecule has 3 heteroatoms. The number of nitrogens with one attached hydrogen (secondary N) is 1. The number of aliphatic hydroxyl groups is 1. The first-order chi connectivity index (χ1) is 7.18. The van der Waals surface area contributed by atoms with Gasteiger partial charge in [-0.15, -0.1) is 0 Å². The first-order valence-electron chi connectivity index (χ1n) is 5.27. The summed E-state index contributed by atoms with van der Waals surface area (Å²) in [5, 5.41) is 12.1. The molecule has 1 rings (SSSR count). The number of rotatable bonds is 6. The highest BCUT2D eigenvalue weighted by Gasteiger charge is 1.95. The van der Waals surface area contributed by atoms with Gasteiger partial charge in [-0.05, 0) is 26.0 Å². The van der Waals surface area contributed by atoms with E-state index in [0.717, 1.165) is 12.3 Å². The maximum absolute atomic E-state index is 9.00. The van der Waals surface area contributed by atoms with E-state index in [1.165, 1.54) is 5.56 Å². The van der Waals surface area contributed by atoms with Crippen molar-refractivity contribution >= 4 is 0 Å². The lowest BCUT2D eigenvalue weighted by molar-refractivity contribution is 0.188. The largest absolute Gasteiger partial charge is 0.492 e. The maximum atomic E-state index is 9.00. The summed E-state index contributed by atoms with van der Waals surface area (Å²) in [4.78, 5) is 0. The van der Waals surface area contributed by atoms with E-state index in [1.54, 1.807) is 6.92 Å². The molecule has 0 amide bonds. The lowest BCUT2D eigenvalue weighted by Crippen LogP contribution is -2.28. The molecule has 0 saturated heterocycles. The molecule has 0 spiro atoms. The van der Waals surface area contributed by atoms with E-state index in [4.69, 9.17) is 9.84 Å². The normalized spacial score (nSPS) is 12.5. The molecule has 0 aromatic heterocycles. The van der Waals surface area contributed by atoms with Gasteiger partial charge in [-0.25, -0.2) is 0 Å². The van der Waals surface area contributed by atoms with Gasteiger partial charge >= 0.3 is 0 Å². The average molecular weight is 209 g/mol. The van der Waals surface area contributed by atoms with Gasteiger partial charge in [0.1, 0.15) is 12.4 Å². The minimum Gasteiger partial charge on any atom is -0.492 e. The summed E-state index contributed by atoms with van der Waals surface area (Å²) in [5.74, 6) is 0.888. The Kier molecular flexibility index (Phi) is 5.15. The summed E-state index contributed by atoms with van der Waals surface area (Å²) in [5.41, 5.74) is 1.23. The van der Waals surface area contributed by atoms with Crippen molar-refractivity contribution in [2.75, 3.05) is 19.7 Å². The molecule has 0 aliphatic rings. The predicted molar refractivity (Wildman–Crippen MR) is 61.2 cm³/mol. The summed E-state index contributed by atoms with van der Waals surface area (Å²) in [6, 6.07) is 7.98. The molecule has 0 bridgehead atoms. The third-order valence-electron chi connectivity index (χ3n) is 2.01. The Bertz CT molecular complexity index is 269. The highest BCUT2D eigenvalue weighted by molar-refractivity contribution is 5.26. The van der Waals surface area contributed by atoms with Crippen molar-refractivity contribution in [1.82, 2.24) is 5.32 Å². The smallest absolute Gasteiger partial charge is 0.119 e. The highest BCUT2D eigenvalue weighted by atomic mass is 16.5. The van der Waals surface area contributed by atoms with Crippen molar-refractivity contribution in [3.8, 4) is 5.75 Å². The van der Waals surface area contributed by atoms with Gasteiger partial charge in [-0.1, -0.05) is 17.7 Å².